The van der Waals surface area contributed by atoms with Crippen LogP contribution in [0.5, 0.6) is 0 Å². The smallest absolute Gasteiger partial charge is 0.293 e. The van der Waals surface area contributed by atoms with Crippen LogP contribution in [0.3, 0.4) is 0 Å². The minimum Gasteiger partial charge on any atom is -0.361 e. The number of ketones is 1. The summed E-state index contributed by atoms with van der Waals surface area (Å²) in [7, 11) is 0. The van der Waals surface area contributed by atoms with Gasteiger partial charge in [0.15, 0.2) is 5.78 Å². The van der Waals surface area contributed by atoms with Gasteiger partial charge < -0.3 is 4.90 Å². The van der Waals surface area contributed by atoms with Gasteiger partial charge in [0.05, 0.1) is 4.92 Å². The summed E-state index contributed by atoms with van der Waals surface area (Å²) in [5, 5.41) is 11.2. The van der Waals surface area contributed by atoms with Gasteiger partial charge in [0.25, 0.3) is 5.69 Å². The third-order valence-electron chi connectivity index (χ3n) is 3.77. The van der Waals surface area contributed by atoms with E-state index in [1.165, 1.54) is 13.0 Å². The van der Waals surface area contributed by atoms with Gasteiger partial charge in [-0.3, -0.25) is 14.9 Å². The molecule has 19 heavy (non-hydrogen) atoms. The van der Waals surface area contributed by atoms with Crippen molar-refractivity contribution in [3.05, 3.63) is 33.9 Å². The number of hydrogen-bond donors (Lipinski definition) is 0. The van der Waals surface area contributed by atoms with E-state index in [0.29, 0.717) is 11.3 Å². The summed E-state index contributed by atoms with van der Waals surface area (Å²) < 4.78 is 0. The molecule has 0 aliphatic carbocycles. The van der Waals surface area contributed by atoms with E-state index < -0.39 is 4.92 Å². The zero-order valence-electron chi connectivity index (χ0n) is 11.5. The number of benzene rings is 1. The monoisotopic (exact) mass is 262 g/mol. The summed E-state index contributed by atoms with van der Waals surface area (Å²) in [6.45, 7) is 6.40. The van der Waals surface area contributed by atoms with Crippen LogP contribution in [0, 0.1) is 10.1 Å². The van der Waals surface area contributed by atoms with Crippen LogP contribution in [0.25, 0.3) is 0 Å². The quantitative estimate of drug-likeness (QED) is 0.477. The Labute approximate surface area is 112 Å². The molecular weight excluding hydrogens is 244 g/mol. The molecule has 1 aliphatic heterocycles. The van der Waals surface area contributed by atoms with E-state index in [1.54, 1.807) is 12.1 Å². The first-order chi connectivity index (χ1) is 8.83. The molecule has 0 bridgehead atoms. The molecule has 1 saturated heterocycles. The molecule has 1 aliphatic rings. The van der Waals surface area contributed by atoms with Crippen LogP contribution in [0.4, 0.5) is 11.4 Å². The number of nitro benzene ring substituents is 1. The summed E-state index contributed by atoms with van der Waals surface area (Å²) in [4.78, 5) is 24.2. The number of anilines is 1. The maximum atomic E-state index is 11.3. The van der Waals surface area contributed by atoms with Gasteiger partial charge in [-0.25, -0.2) is 0 Å². The Morgan fingerprint density at radius 3 is 2.58 bits per heavy atom. The van der Waals surface area contributed by atoms with Gasteiger partial charge in [0.2, 0.25) is 0 Å². The van der Waals surface area contributed by atoms with Gasteiger partial charge in [-0.15, -0.1) is 0 Å². The highest BCUT2D eigenvalue weighted by atomic mass is 16.6. The second-order valence-corrected chi connectivity index (χ2v) is 5.58. The van der Waals surface area contributed by atoms with Crippen LogP contribution in [0.15, 0.2) is 18.2 Å². The van der Waals surface area contributed by atoms with E-state index in [9.17, 15) is 14.9 Å². The second kappa shape index (κ2) is 4.64. The molecule has 2 rings (SSSR count). The largest absolute Gasteiger partial charge is 0.361 e. The van der Waals surface area contributed by atoms with E-state index >= 15 is 0 Å². The first-order valence-corrected chi connectivity index (χ1v) is 6.40. The molecule has 0 N–H and O–H groups in total. The summed E-state index contributed by atoms with van der Waals surface area (Å²) >= 11 is 0. The van der Waals surface area contributed by atoms with Gasteiger partial charge in [0, 0.05) is 23.7 Å². The first-order valence-electron chi connectivity index (χ1n) is 6.40. The van der Waals surface area contributed by atoms with E-state index in [4.69, 9.17) is 0 Å². The highest BCUT2D eigenvalue weighted by Gasteiger charge is 2.35. The Balaban J connectivity index is 2.51. The Morgan fingerprint density at radius 2 is 2.11 bits per heavy atom. The van der Waals surface area contributed by atoms with Crippen molar-refractivity contribution in [3.8, 4) is 0 Å². The van der Waals surface area contributed by atoms with Crippen molar-refractivity contribution in [1.82, 2.24) is 0 Å². The van der Waals surface area contributed by atoms with Crippen LogP contribution in [-0.2, 0) is 0 Å². The van der Waals surface area contributed by atoms with Crippen molar-refractivity contribution in [1.29, 1.82) is 0 Å². The van der Waals surface area contributed by atoms with Gasteiger partial charge in [-0.2, -0.15) is 0 Å². The molecule has 0 saturated carbocycles. The zero-order chi connectivity index (χ0) is 14.2. The van der Waals surface area contributed by atoms with Crippen molar-refractivity contribution in [2.75, 3.05) is 11.4 Å². The second-order valence-electron chi connectivity index (χ2n) is 5.58. The van der Waals surface area contributed by atoms with Crippen molar-refractivity contribution >= 4 is 17.2 Å². The minimum absolute atomic E-state index is 0.0164. The SMILES string of the molecule is CC(=O)c1ccc(N2CCCC2(C)C)c([N+](=O)[O-])c1. The third-order valence-corrected chi connectivity index (χ3v) is 3.77. The molecule has 102 valence electrons. The maximum absolute atomic E-state index is 11.3. The number of nitro groups is 1. The van der Waals surface area contributed by atoms with E-state index in [2.05, 4.69) is 18.7 Å². The zero-order valence-corrected chi connectivity index (χ0v) is 11.5. The fourth-order valence-electron chi connectivity index (χ4n) is 2.67. The topological polar surface area (TPSA) is 63.5 Å². The lowest BCUT2D eigenvalue weighted by Crippen LogP contribution is -2.38. The number of nitrogens with zero attached hydrogens (tertiary/aromatic N) is 2. The van der Waals surface area contributed by atoms with E-state index in [0.717, 1.165) is 19.4 Å². The Bertz CT molecular complexity index is 537. The van der Waals surface area contributed by atoms with Gasteiger partial charge in [0.1, 0.15) is 5.69 Å². The van der Waals surface area contributed by atoms with Crippen molar-refractivity contribution in [2.24, 2.45) is 0 Å². The number of rotatable bonds is 3. The number of Topliss-reactive ketones (excluding diaryl/α,β-unsaturated/α-hetero) is 1. The number of hydrogen-bond acceptors (Lipinski definition) is 4. The molecule has 1 heterocycles. The molecular formula is C14H18N2O3. The Kier molecular flexibility index (Phi) is 3.30. The highest BCUT2D eigenvalue weighted by Crippen LogP contribution is 2.39. The van der Waals surface area contributed by atoms with Gasteiger partial charge in [-0.1, -0.05) is 0 Å². The van der Waals surface area contributed by atoms with E-state index in [1.807, 2.05) is 0 Å². The number of carbonyl (C=O) groups is 1. The molecule has 0 unspecified atom stereocenters. The molecule has 0 radical (unpaired) electrons. The normalized spacial score (nSPS) is 17.5. The molecule has 1 aromatic rings. The van der Waals surface area contributed by atoms with Crippen LogP contribution >= 0.6 is 0 Å². The van der Waals surface area contributed by atoms with E-state index in [-0.39, 0.29) is 17.0 Å². The maximum Gasteiger partial charge on any atom is 0.293 e. The Hall–Kier alpha value is -1.91. The summed E-state index contributed by atoms with van der Waals surface area (Å²) in [6, 6.07) is 4.74. The molecule has 0 spiro atoms. The predicted molar refractivity (Wildman–Crippen MR) is 73.8 cm³/mol. The third kappa shape index (κ3) is 2.45. The summed E-state index contributed by atoms with van der Waals surface area (Å²) in [5.41, 5.74) is 0.926. The molecule has 1 aromatic carbocycles. The van der Waals surface area contributed by atoms with Gasteiger partial charge >= 0.3 is 0 Å². The highest BCUT2D eigenvalue weighted by molar-refractivity contribution is 5.95. The van der Waals surface area contributed by atoms with Crippen LogP contribution in [-0.4, -0.2) is 22.8 Å². The Morgan fingerprint density at radius 1 is 1.42 bits per heavy atom. The van der Waals surface area contributed by atoms with Crippen LogP contribution in [0.1, 0.15) is 44.0 Å². The molecule has 5 nitrogen and oxygen atoms in total. The average Bonchev–Trinajstić information content (AvgIpc) is 2.67. The van der Waals surface area contributed by atoms with Gasteiger partial charge in [-0.05, 0) is 45.7 Å². The first kappa shape index (κ1) is 13.5. The van der Waals surface area contributed by atoms with Crippen molar-refractivity contribution < 1.29 is 9.72 Å². The van der Waals surface area contributed by atoms with Crippen molar-refractivity contribution in [2.45, 2.75) is 39.2 Å². The molecule has 5 heteroatoms. The number of carbonyl (C=O) groups excluding carboxylic acids is 1. The lowest BCUT2D eigenvalue weighted by atomic mass is 10.0. The lowest BCUT2D eigenvalue weighted by Gasteiger charge is -2.33. The van der Waals surface area contributed by atoms with Crippen molar-refractivity contribution in [3.63, 3.8) is 0 Å². The van der Waals surface area contributed by atoms with Crippen LogP contribution < -0.4 is 4.90 Å². The molecule has 0 atom stereocenters. The summed E-state index contributed by atoms with van der Waals surface area (Å²) in [6.07, 6.45) is 2.04. The molecule has 0 amide bonds. The fraction of sp³-hybridized carbons (Fsp3) is 0.500. The standard InChI is InChI=1S/C14H18N2O3/c1-10(17)11-5-6-12(13(9-11)16(18)19)15-8-4-7-14(15,2)3/h5-6,9H,4,7-8H2,1-3H3. The average molecular weight is 262 g/mol. The lowest BCUT2D eigenvalue weighted by molar-refractivity contribution is -0.384. The predicted octanol–water partition coefficient (Wildman–Crippen LogP) is 3.18. The molecule has 1 fully saturated rings. The minimum atomic E-state index is -0.407. The molecule has 0 aromatic heterocycles. The fourth-order valence-corrected chi connectivity index (χ4v) is 2.67. The van der Waals surface area contributed by atoms with Crippen LogP contribution in [0.2, 0.25) is 0 Å². The summed E-state index contributed by atoms with van der Waals surface area (Å²) in [5.74, 6) is -0.157.